The van der Waals surface area contributed by atoms with E-state index in [0.717, 1.165) is 37.0 Å². The maximum atomic E-state index is 4.55. The summed E-state index contributed by atoms with van der Waals surface area (Å²) in [6.07, 6.45) is 0. The molecule has 1 fully saturated rings. The molecule has 0 aliphatic carbocycles. The SMILES string of the molecule is C[C@@H]1CN(c2n[nH]c(-c3ccsc3)n2)CCN1. The van der Waals surface area contributed by atoms with Gasteiger partial charge in [-0.3, -0.25) is 5.10 Å². The summed E-state index contributed by atoms with van der Waals surface area (Å²) in [6, 6.07) is 2.54. The third-order valence-electron chi connectivity index (χ3n) is 2.92. The minimum Gasteiger partial charge on any atom is -0.337 e. The predicted octanol–water partition coefficient (Wildman–Crippen LogP) is 1.33. The molecule has 0 amide bonds. The molecular weight excluding hydrogens is 234 g/mol. The van der Waals surface area contributed by atoms with E-state index in [-0.39, 0.29) is 0 Å². The Labute approximate surface area is 104 Å². The lowest BCUT2D eigenvalue weighted by atomic mass is 10.2. The van der Waals surface area contributed by atoms with Crippen LogP contribution < -0.4 is 10.2 Å². The van der Waals surface area contributed by atoms with Gasteiger partial charge in [0.15, 0.2) is 5.82 Å². The van der Waals surface area contributed by atoms with Gasteiger partial charge in [0, 0.05) is 36.6 Å². The summed E-state index contributed by atoms with van der Waals surface area (Å²) in [4.78, 5) is 6.76. The van der Waals surface area contributed by atoms with E-state index in [4.69, 9.17) is 0 Å². The van der Waals surface area contributed by atoms with Crippen LogP contribution in [0.15, 0.2) is 16.8 Å². The van der Waals surface area contributed by atoms with Gasteiger partial charge in [-0.1, -0.05) is 0 Å². The third kappa shape index (κ3) is 2.18. The number of aromatic nitrogens is 3. The second-order valence-electron chi connectivity index (χ2n) is 4.30. The topological polar surface area (TPSA) is 56.8 Å². The molecule has 0 spiro atoms. The summed E-state index contributed by atoms with van der Waals surface area (Å²) in [6.45, 7) is 5.09. The van der Waals surface area contributed by atoms with Crippen molar-refractivity contribution in [2.24, 2.45) is 0 Å². The molecule has 2 aromatic heterocycles. The van der Waals surface area contributed by atoms with Crippen molar-refractivity contribution < 1.29 is 0 Å². The van der Waals surface area contributed by atoms with Crippen molar-refractivity contribution in [3.05, 3.63) is 16.8 Å². The molecule has 17 heavy (non-hydrogen) atoms. The highest BCUT2D eigenvalue weighted by Crippen LogP contribution is 2.20. The second-order valence-corrected chi connectivity index (χ2v) is 5.08. The standard InChI is InChI=1S/C11H15N5S/c1-8-6-16(4-3-12-8)11-13-10(14-15-11)9-2-5-17-7-9/h2,5,7-8,12H,3-4,6H2,1H3,(H,13,14,15)/t8-/m1/s1. The Morgan fingerprint density at radius 2 is 2.47 bits per heavy atom. The summed E-state index contributed by atoms with van der Waals surface area (Å²) in [7, 11) is 0. The molecule has 6 heteroatoms. The fourth-order valence-electron chi connectivity index (χ4n) is 2.04. The lowest BCUT2D eigenvalue weighted by molar-refractivity contribution is 0.480. The van der Waals surface area contributed by atoms with Gasteiger partial charge >= 0.3 is 0 Å². The van der Waals surface area contributed by atoms with Crippen LogP contribution in [0.1, 0.15) is 6.92 Å². The minimum atomic E-state index is 0.492. The van der Waals surface area contributed by atoms with Gasteiger partial charge in [-0.05, 0) is 18.4 Å². The molecule has 1 aliphatic heterocycles. The van der Waals surface area contributed by atoms with Crippen molar-refractivity contribution >= 4 is 17.3 Å². The zero-order valence-electron chi connectivity index (χ0n) is 9.68. The first-order valence-electron chi connectivity index (χ1n) is 5.76. The molecule has 5 nitrogen and oxygen atoms in total. The molecule has 1 saturated heterocycles. The van der Waals surface area contributed by atoms with Gasteiger partial charge in [-0.2, -0.15) is 16.3 Å². The number of nitrogens with zero attached hydrogens (tertiary/aromatic N) is 3. The summed E-state index contributed by atoms with van der Waals surface area (Å²) >= 11 is 1.67. The number of rotatable bonds is 2. The molecule has 1 aliphatic rings. The van der Waals surface area contributed by atoms with Crippen LogP contribution >= 0.6 is 11.3 Å². The van der Waals surface area contributed by atoms with E-state index in [0.29, 0.717) is 6.04 Å². The van der Waals surface area contributed by atoms with E-state index in [1.54, 1.807) is 11.3 Å². The number of hydrogen-bond donors (Lipinski definition) is 2. The second kappa shape index (κ2) is 4.46. The van der Waals surface area contributed by atoms with Gasteiger partial charge < -0.3 is 10.2 Å². The number of thiophene rings is 1. The normalized spacial score (nSPS) is 20.8. The van der Waals surface area contributed by atoms with Crippen molar-refractivity contribution in [1.82, 2.24) is 20.5 Å². The average Bonchev–Trinajstić information content (AvgIpc) is 3.00. The molecule has 2 N–H and O–H groups in total. The van der Waals surface area contributed by atoms with Crippen molar-refractivity contribution in [2.75, 3.05) is 24.5 Å². The lowest BCUT2D eigenvalue weighted by Crippen LogP contribution is -2.49. The number of aromatic amines is 1. The van der Waals surface area contributed by atoms with Gasteiger partial charge in [0.2, 0.25) is 5.95 Å². The van der Waals surface area contributed by atoms with Crippen LogP contribution in [0.3, 0.4) is 0 Å². The number of nitrogens with one attached hydrogen (secondary N) is 2. The Bertz CT molecular complexity index is 478. The summed E-state index contributed by atoms with van der Waals surface area (Å²) < 4.78 is 0. The van der Waals surface area contributed by atoms with Crippen molar-refractivity contribution in [2.45, 2.75) is 13.0 Å². The number of anilines is 1. The van der Waals surface area contributed by atoms with E-state index in [1.807, 2.05) is 5.38 Å². The van der Waals surface area contributed by atoms with Gasteiger partial charge in [0.05, 0.1) is 0 Å². The van der Waals surface area contributed by atoms with E-state index in [9.17, 15) is 0 Å². The fraction of sp³-hybridized carbons (Fsp3) is 0.455. The molecule has 0 bridgehead atoms. The molecule has 0 aromatic carbocycles. The van der Waals surface area contributed by atoms with Crippen LogP contribution in [0.2, 0.25) is 0 Å². The van der Waals surface area contributed by atoms with E-state index < -0.39 is 0 Å². The quantitative estimate of drug-likeness (QED) is 0.843. The molecule has 90 valence electrons. The van der Waals surface area contributed by atoms with Gasteiger partial charge in [0.25, 0.3) is 0 Å². The molecule has 0 saturated carbocycles. The van der Waals surface area contributed by atoms with E-state index in [2.05, 4.69) is 43.8 Å². The van der Waals surface area contributed by atoms with Crippen LogP contribution in [0.4, 0.5) is 5.95 Å². The maximum absolute atomic E-state index is 4.55. The Morgan fingerprint density at radius 1 is 1.53 bits per heavy atom. The van der Waals surface area contributed by atoms with Crippen LogP contribution in [0, 0.1) is 0 Å². The first kappa shape index (κ1) is 10.7. The largest absolute Gasteiger partial charge is 0.337 e. The summed E-state index contributed by atoms with van der Waals surface area (Å²) in [5.41, 5.74) is 1.11. The van der Waals surface area contributed by atoms with Crippen LogP contribution in [0.25, 0.3) is 11.4 Å². The van der Waals surface area contributed by atoms with Crippen molar-refractivity contribution in [3.8, 4) is 11.4 Å². The van der Waals surface area contributed by atoms with Gasteiger partial charge in [-0.15, -0.1) is 5.10 Å². The zero-order chi connectivity index (χ0) is 11.7. The highest BCUT2D eigenvalue weighted by atomic mass is 32.1. The smallest absolute Gasteiger partial charge is 0.245 e. The van der Waals surface area contributed by atoms with E-state index in [1.165, 1.54) is 0 Å². The number of hydrogen-bond acceptors (Lipinski definition) is 5. The highest BCUT2D eigenvalue weighted by molar-refractivity contribution is 7.08. The predicted molar refractivity (Wildman–Crippen MR) is 69.4 cm³/mol. The summed E-state index contributed by atoms with van der Waals surface area (Å²) in [5.74, 6) is 1.66. The number of piperazine rings is 1. The van der Waals surface area contributed by atoms with Crippen LogP contribution in [-0.2, 0) is 0 Å². The molecule has 0 unspecified atom stereocenters. The van der Waals surface area contributed by atoms with Gasteiger partial charge in [0.1, 0.15) is 0 Å². The Balaban J connectivity index is 1.80. The van der Waals surface area contributed by atoms with Crippen molar-refractivity contribution in [3.63, 3.8) is 0 Å². The van der Waals surface area contributed by atoms with Crippen LogP contribution in [0.5, 0.6) is 0 Å². The molecular formula is C11H15N5S. The zero-order valence-corrected chi connectivity index (χ0v) is 10.5. The minimum absolute atomic E-state index is 0.492. The lowest BCUT2D eigenvalue weighted by Gasteiger charge is -2.30. The Morgan fingerprint density at radius 3 is 3.24 bits per heavy atom. The maximum Gasteiger partial charge on any atom is 0.245 e. The Kier molecular flexibility index (Phi) is 2.82. The fourth-order valence-corrected chi connectivity index (χ4v) is 2.68. The van der Waals surface area contributed by atoms with E-state index >= 15 is 0 Å². The monoisotopic (exact) mass is 249 g/mol. The Hall–Kier alpha value is -1.40. The number of H-pyrrole nitrogens is 1. The molecule has 1 atom stereocenters. The third-order valence-corrected chi connectivity index (χ3v) is 3.60. The molecule has 0 radical (unpaired) electrons. The first-order valence-corrected chi connectivity index (χ1v) is 6.70. The average molecular weight is 249 g/mol. The molecule has 3 heterocycles. The molecule has 3 rings (SSSR count). The molecule has 2 aromatic rings. The van der Waals surface area contributed by atoms with Crippen LogP contribution in [-0.4, -0.2) is 40.9 Å². The summed E-state index contributed by atoms with van der Waals surface area (Å²) in [5, 5.41) is 14.8. The van der Waals surface area contributed by atoms with Crippen molar-refractivity contribution in [1.29, 1.82) is 0 Å². The van der Waals surface area contributed by atoms with Gasteiger partial charge in [-0.25, -0.2) is 0 Å². The first-order chi connectivity index (χ1) is 8.33. The highest BCUT2D eigenvalue weighted by Gasteiger charge is 2.19.